The summed E-state index contributed by atoms with van der Waals surface area (Å²) in [7, 11) is 0. The minimum atomic E-state index is 0.463. The number of hydrogen-bond donors (Lipinski definition) is 1. The summed E-state index contributed by atoms with van der Waals surface area (Å²) in [5.74, 6) is 0.636. The smallest absolute Gasteiger partial charge is 0.00784 e. The van der Waals surface area contributed by atoms with E-state index in [0.717, 1.165) is 13.1 Å². The minimum Gasteiger partial charge on any atom is -0.316 e. The average Bonchev–Trinajstić information content (AvgIpc) is 3.11. The van der Waals surface area contributed by atoms with Crippen molar-refractivity contribution >= 4 is 0 Å². The summed E-state index contributed by atoms with van der Waals surface area (Å²) < 4.78 is 0. The largest absolute Gasteiger partial charge is 0.316 e. The van der Waals surface area contributed by atoms with Gasteiger partial charge in [0.05, 0.1) is 0 Å². The summed E-state index contributed by atoms with van der Waals surface area (Å²) in [6.07, 6.45) is 3.93. The fraction of sp³-hybridized carbons (Fsp3) is 0.625. The normalized spacial score (nSPS) is 17.4. The van der Waals surface area contributed by atoms with Crippen LogP contribution in [0.15, 0.2) is 24.3 Å². The molecule has 1 saturated carbocycles. The molecule has 94 valence electrons. The lowest BCUT2D eigenvalue weighted by atomic mass is 9.93. The van der Waals surface area contributed by atoms with E-state index in [0.29, 0.717) is 11.3 Å². The second-order valence-electron chi connectivity index (χ2n) is 5.73. The van der Waals surface area contributed by atoms with E-state index in [1.165, 1.54) is 30.4 Å². The zero-order valence-corrected chi connectivity index (χ0v) is 11.4. The van der Waals surface area contributed by atoms with Gasteiger partial charge in [0.1, 0.15) is 0 Å². The summed E-state index contributed by atoms with van der Waals surface area (Å²) in [5, 5.41) is 3.57. The van der Waals surface area contributed by atoms with E-state index in [-0.39, 0.29) is 0 Å². The lowest BCUT2D eigenvalue weighted by molar-refractivity contribution is 0.571. The molecule has 1 aliphatic rings. The lowest BCUT2D eigenvalue weighted by Crippen LogP contribution is -2.27. The molecule has 0 atom stereocenters. The van der Waals surface area contributed by atoms with Crippen molar-refractivity contribution in [3.05, 3.63) is 35.4 Å². The number of nitrogens with one attached hydrogen (secondary N) is 1. The van der Waals surface area contributed by atoms with E-state index in [1.54, 1.807) is 0 Å². The summed E-state index contributed by atoms with van der Waals surface area (Å²) >= 11 is 0. The molecule has 1 aliphatic carbocycles. The van der Waals surface area contributed by atoms with E-state index < -0.39 is 0 Å². The van der Waals surface area contributed by atoms with Gasteiger partial charge in [-0.1, -0.05) is 45.0 Å². The maximum Gasteiger partial charge on any atom is 0.00784 e. The van der Waals surface area contributed by atoms with Crippen LogP contribution >= 0.6 is 0 Å². The Bertz CT molecular complexity index is 346. The standard InChI is InChI=1S/C16H25N/c1-4-11-17-12-16(9-10-16)15-7-5-14(6-8-15)13(2)3/h5-8,13,17H,4,9-12H2,1-3H3. The van der Waals surface area contributed by atoms with Gasteiger partial charge in [0.25, 0.3) is 0 Å². The second-order valence-corrected chi connectivity index (χ2v) is 5.73. The van der Waals surface area contributed by atoms with Crippen LogP contribution in [0.4, 0.5) is 0 Å². The molecule has 1 aromatic carbocycles. The first-order valence-corrected chi connectivity index (χ1v) is 6.99. The Morgan fingerprint density at radius 1 is 1.18 bits per heavy atom. The molecule has 1 heteroatoms. The van der Waals surface area contributed by atoms with E-state index in [1.807, 2.05) is 0 Å². The molecule has 0 saturated heterocycles. The second kappa shape index (κ2) is 5.22. The van der Waals surface area contributed by atoms with E-state index in [9.17, 15) is 0 Å². The number of benzene rings is 1. The topological polar surface area (TPSA) is 12.0 Å². The van der Waals surface area contributed by atoms with Crippen molar-refractivity contribution in [1.82, 2.24) is 5.32 Å². The van der Waals surface area contributed by atoms with Gasteiger partial charge in [-0.2, -0.15) is 0 Å². The zero-order chi connectivity index (χ0) is 12.3. The molecule has 1 N–H and O–H groups in total. The zero-order valence-electron chi connectivity index (χ0n) is 11.4. The Morgan fingerprint density at radius 3 is 2.29 bits per heavy atom. The molecule has 17 heavy (non-hydrogen) atoms. The molecule has 0 spiro atoms. The first kappa shape index (κ1) is 12.6. The molecule has 1 fully saturated rings. The Balaban J connectivity index is 2.01. The van der Waals surface area contributed by atoms with Crippen molar-refractivity contribution in [3.8, 4) is 0 Å². The Kier molecular flexibility index (Phi) is 3.88. The third-order valence-corrected chi connectivity index (χ3v) is 3.93. The molecule has 1 nitrogen and oxygen atoms in total. The van der Waals surface area contributed by atoms with Gasteiger partial charge in [0.15, 0.2) is 0 Å². The average molecular weight is 231 g/mol. The van der Waals surface area contributed by atoms with Gasteiger partial charge in [-0.15, -0.1) is 0 Å². The van der Waals surface area contributed by atoms with Crippen molar-refractivity contribution in [2.75, 3.05) is 13.1 Å². The Hall–Kier alpha value is -0.820. The summed E-state index contributed by atoms with van der Waals surface area (Å²) in [6.45, 7) is 9.03. The molecule has 0 aliphatic heterocycles. The highest BCUT2D eigenvalue weighted by Gasteiger charge is 2.43. The van der Waals surface area contributed by atoms with Crippen LogP contribution in [0.5, 0.6) is 0 Å². The van der Waals surface area contributed by atoms with Crippen molar-refractivity contribution in [2.24, 2.45) is 0 Å². The van der Waals surface area contributed by atoms with Crippen molar-refractivity contribution < 1.29 is 0 Å². The summed E-state index contributed by atoms with van der Waals surface area (Å²) in [4.78, 5) is 0. The molecule has 0 aromatic heterocycles. The minimum absolute atomic E-state index is 0.463. The monoisotopic (exact) mass is 231 g/mol. The van der Waals surface area contributed by atoms with Gasteiger partial charge in [-0.05, 0) is 42.9 Å². The van der Waals surface area contributed by atoms with E-state index in [2.05, 4.69) is 50.4 Å². The SMILES string of the molecule is CCCNCC1(c2ccc(C(C)C)cc2)CC1. The number of hydrogen-bond acceptors (Lipinski definition) is 1. The molecule has 0 bridgehead atoms. The van der Waals surface area contributed by atoms with Crippen molar-refractivity contribution in [1.29, 1.82) is 0 Å². The Morgan fingerprint density at radius 2 is 1.82 bits per heavy atom. The maximum absolute atomic E-state index is 3.57. The first-order valence-electron chi connectivity index (χ1n) is 6.99. The first-order chi connectivity index (χ1) is 8.18. The predicted octanol–water partition coefficient (Wildman–Crippen LogP) is 3.84. The maximum atomic E-state index is 3.57. The summed E-state index contributed by atoms with van der Waals surface area (Å²) in [6, 6.07) is 9.30. The molecule has 0 amide bonds. The lowest BCUT2D eigenvalue weighted by Gasteiger charge is -2.17. The highest BCUT2D eigenvalue weighted by atomic mass is 14.9. The van der Waals surface area contributed by atoms with Crippen LogP contribution in [0, 0.1) is 0 Å². The third-order valence-electron chi connectivity index (χ3n) is 3.93. The quantitative estimate of drug-likeness (QED) is 0.733. The highest BCUT2D eigenvalue weighted by molar-refractivity contribution is 5.35. The third kappa shape index (κ3) is 2.90. The van der Waals surface area contributed by atoms with Gasteiger partial charge >= 0.3 is 0 Å². The van der Waals surface area contributed by atoms with Gasteiger partial charge in [-0.25, -0.2) is 0 Å². The highest BCUT2D eigenvalue weighted by Crippen LogP contribution is 2.47. The van der Waals surface area contributed by atoms with Crippen LogP contribution in [0.1, 0.15) is 57.1 Å². The van der Waals surface area contributed by atoms with Gasteiger partial charge in [0.2, 0.25) is 0 Å². The molecule has 1 aromatic rings. The fourth-order valence-electron chi connectivity index (χ4n) is 2.44. The van der Waals surface area contributed by atoms with Gasteiger partial charge < -0.3 is 5.32 Å². The predicted molar refractivity (Wildman–Crippen MR) is 74.6 cm³/mol. The van der Waals surface area contributed by atoms with Crippen LogP contribution in [-0.2, 0) is 5.41 Å². The van der Waals surface area contributed by atoms with Crippen LogP contribution in [0.25, 0.3) is 0 Å². The van der Waals surface area contributed by atoms with Crippen molar-refractivity contribution in [2.45, 2.75) is 51.4 Å². The van der Waals surface area contributed by atoms with Crippen LogP contribution < -0.4 is 5.32 Å². The van der Waals surface area contributed by atoms with Crippen molar-refractivity contribution in [3.63, 3.8) is 0 Å². The van der Waals surface area contributed by atoms with Crippen LogP contribution in [0.2, 0.25) is 0 Å². The van der Waals surface area contributed by atoms with Crippen LogP contribution in [0.3, 0.4) is 0 Å². The molecule has 2 rings (SSSR count). The van der Waals surface area contributed by atoms with E-state index >= 15 is 0 Å². The van der Waals surface area contributed by atoms with Gasteiger partial charge in [0, 0.05) is 12.0 Å². The fourth-order valence-corrected chi connectivity index (χ4v) is 2.44. The number of rotatable bonds is 6. The Labute approximate surface area is 106 Å². The summed E-state index contributed by atoms with van der Waals surface area (Å²) in [5.41, 5.74) is 3.45. The van der Waals surface area contributed by atoms with E-state index in [4.69, 9.17) is 0 Å². The van der Waals surface area contributed by atoms with Crippen LogP contribution in [-0.4, -0.2) is 13.1 Å². The molecular weight excluding hydrogens is 206 g/mol. The molecule has 0 unspecified atom stereocenters. The molecular formula is C16H25N. The van der Waals surface area contributed by atoms with Gasteiger partial charge in [-0.3, -0.25) is 0 Å². The molecule has 0 radical (unpaired) electrons. The molecule has 0 heterocycles.